The van der Waals surface area contributed by atoms with Crippen LogP contribution in [0.3, 0.4) is 0 Å². The van der Waals surface area contributed by atoms with E-state index in [0.29, 0.717) is 68.9 Å². The minimum Gasteiger partial charge on any atom is -0.489 e. The summed E-state index contributed by atoms with van der Waals surface area (Å²) in [5, 5.41) is 12.5. The topological polar surface area (TPSA) is 289 Å². The highest BCUT2D eigenvalue weighted by atomic mass is 16.6. The predicted octanol–water partition coefficient (Wildman–Crippen LogP) is 1.37. The van der Waals surface area contributed by atoms with Crippen LogP contribution in [0, 0.1) is 5.41 Å². The van der Waals surface area contributed by atoms with Crippen molar-refractivity contribution in [1.82, 2.24) is 20.6 Å². The number of amidine groups is 1. The fourth-order valence-corrected chi connectivity index (χ4v) is 2.95. The van der Waals surface area contributed by atoms with E-state index in [1.807, 2.05) is 20.8 Å². The zero-order valence-corrected chi connectivity index (χ0v) is 29.9. The first-order chi connectivity index (χ1) is 23.5. The molecule has 0 aliphatic heterocycles. The van der Waals surface area contributed by atoms with Crippen LogP contribution < -0.4 is 43.4 Å². The number of nitrogens with zero attached hydrogens (tertiary/aromatic N) is 3. The number of aliphatic imine (C=N–C) groups is 1. The van der Waals surface area contributed by atoms with E-state index in [1.165, 1.54) is 19.5 Å². The van der Waals surface area contributed by atoms with Crippen molar-refractivity contribution >= 4 is 23.9 Å². The van der Waals surface area contributed by atoms with Gasteiger partial charge in [0.05, 0.1) is 26.0 Å². The molecule has 50 heavy (non-hydrogen) atoms. The van der Waals surface area contributed by atoms with Gasteiger partial charge in [-0.25, -0.2) is 31.4 Å². The molecule has 0 saturated carbocycles. The third kappa shape index (κ3) is 24.3. The molecular weight excluding hydrogens is 656 g/mol. The minimum atomic E-state index is -0.531. The summed E-state index contributed by atoms with van der Waals surface area (Å²) in [4.78, 5) is 43.3. The van der Waals surface area contributed by atoms with Gasteiger partial charge in [0.1, 0.15) is 66.4 Å². The fourth-order valence-electron chi connectivity index (χ4n) is 2.95. The molecule has 2 heterocycles. The van der Waals surface area contributed by atoms with Gasteiger partial charge in [-0.15, -0.1) is 0 Å². The molecule has 0 spiro atoms. The fraction of sp³-hybridized carbons (Fsp3) is 0.548. The third-order valence-corrected chi connectivity index (χ3v) is 4.99. The summed E-state index contributed by atoms with van der Waals surface area (Å²) in [6, 6.07) is 6.76. The van der Waals surface area contributed by atoms with E-state index in [1.54, 1.807) is 45.0 Å². The number of pyridine rings is 2. The van der Waals surface area contributed by atoms with E-state index in [4.69, 9.17) is 52.4 Å². The van der Waals surface area contributed by atoms with Crippen molar-refractivity contribution in [3.8, 4) is 11.5 Å². The van der Waals surface area contributed by atoms with Crippen molar-refractivity contribution in [2.75, 3.05) is 59.7 Å². The SMILES string of the molecule is CC(C)(C)OC(=O)NCCN.CC(C)(C)OC(=O)NCCN=C(N)c1ccc(OCCON)cn1.COC(=N)c1ccc(OCCON)cn1. The highest BCUT2D eigenvalue weighted by Gasteiger charge is 2.16. The van der Waals surface area contributed by atoms with Crippen molar-refractivity contribution in [1.29, 1.82) is 5.41 Å². The first-order valence-electron chi connectivity index (χ1n) is 15.4. The van der Waals surface area contributed by atoms with Gasteiger partial charge in [0.2, 0.25) is 5.90 Å². The molecular formula is C31H54N10O9. The second-order valence-electron chi connectivity index (χ2n) is 11.6. The molecule has 0 unspecified atom stereocenters. The number of hydrogen-bond donors (Lipinski definition) is 7. The van der Waals surface area contributed by atoms with Gasteiger partial charge >= 0.3 is 12.2 Å². The molecule has 282 valence electrons. The Hall–Kier alpha value is -4.82. The van der Waals surface area contributed by atoms with Gasteiger partial charge in [-0.05, 0) is 65.8 Å². The second-order valence-corrected chi connectivity index (χ2v) is 11.6. The van der Waals surface area contributed by atoms with Gasteiger partial charge in [0, 0.05) is 19.6 Å². The standard InChI is InChI=1S/C15H25N5O4.C9H13N3O3.C7H16N2O2/c1-15(2,3)24-14(21)19-7-6-18-13(16)12-5-4-11(10-20-12)22-8-9-23-17;1-13-9(10)8-3-2-7(6-12-8)14-4-5-15-11;1-7(2,3)11-6(10)9-5-4-8/h4-5,10H,6-9,17H2,1-3H3,(H2,16,18)(H,19,21);2-3,6,10H,4-5,11H2,1H3;4-5,8H2,1-3H3,(H,9,10). The molecule has 2 aromatic rings. The van der Waals surface area contributed by atoms with Gasteiger partial charge < -0.3 is 55.5 Å². The van der Waals surface area contributed by atoms with Gasteiger partial charge in [0.15, 0.2) is 0 Å². The lowest BCUT2D eigenvalue weighted by Gasteiger charge is -2.19. The second kappa shape index (κ2) is 25.2. The highest BCUT2D eigenvalue weighted by molar-refractivity contribution is 5.95. The number of methoxy groups -OCH3 is 1. The number of aromatic nitrogens is 2. The van der Waals surface area contributed by atoms with Gasteiger partial charge in [-0.2, -0.15) is 0 Å². The Labute approximate surface area is 293 Å². The van der Waals surface area contributed by atoms with Gasteiger partial charge in [0.25, 0.3) is 0 Å². The molecule has 2 amide bonds. The van der Waals surface area contributed by atoms with E-state index in [-0.39, 0.29) is 18.3 Å². The number of amides is 2. The maximum absolute atomic E-state index is 11.5. The monoisotopic (exact) mass is 710 g/mol. The van der Waals surface area contributed by atoms with Crippen molar-refractivity contribution in [3.05, 3.63) is 48.0 Å². The third-order valence-electron chi connectivity index (χ3n) is 4.99. The largest absolute Gasteiger partial charge is 0.489 e. The molecule has 0 aromatic carbocycles. The van der Waals surface area contributed by atoms with E-state index in [2.05, 4.69) is 35.3 Å². The lowest BCUT2D eigenvalue weighted by molar-refractivity contribution is 0.0518. The van der Waals surface area contributed by atoms with Crippen LogP contribution in [0.1, 0.15) is 52.9 Å². The Kier molecular flexibility index (Phi) is 22.8. The summed E-state index contributed by atoms with van der Waals surface area (Å²) in [6.07, 6.45) is 2.15. The Morgan fingerprint density at radius 3 is 1.62 bits per heavy atom. The number of carbonyl (C=O) groups is 2. The van der Waals surface area contributed by atoms with Crippen molar-refractivity contribution in [2.24, 2.45) is 28.3 Å². The first-order valence-corrected chi connectivity index (χ1v) is 15.4. The number of rotatable bonds is 15. The predicted molar refractivity (Wildman–Crippen MR) is 187 cm³/mol. The van der Waals surface area contributed by atoms with Crippen LogP contribution in [0.4, 0.5) is 9.59 Å². The summed E-state index contributed by atoms with van der Waals surface area (Å²) >= 11 is 0. The number of nitrogens with two attached hydrogens (primary N) is 4. The minimum absolute atomic E-state index is 0.0202. The molecule has 11 N–H and O–H groups in total. The number of ether oxygens (including phenoxy) is 5. The molecule has 2 rings (SSSR count). The number of nitrogens with one attached hydrogen (secondary N) is 3. The van der Waals surface area contributed by atoms with Crippen LogP contribution >= 0.6 is 0 Å². The zero-order valence-electron chi connectivity index (χ0n) is 29.9. The molecule has 0 radical (unpaired) electrons. The van der Waals surface area contributed by atoms with Crippen LogP contribution in [0.2, 0.25) is 0 Å². The van der Waals surface area contributed by atoms with E-state index >= 15 is 0 Å². The molecule has 0 aliphatic carbocycles. The summed E-state index contributed by atoms with van der Waals surface area (Å²) < 4.78 is 25.3. The average molecular weight is 711 g/mol. The van der Waals surface area contributed by atoms with E-state index < -0.39 is 23.4 Å². The Bertz CT molecular complexity index is 1270. The lowest BCUT2D eigenvalue weighted by atomic mass is 10.2. The molecule has 0 fully saturated rings. The average Bonchev–Trinajstić information content (AvgIpc) is 3.05. The van der Waals surface area contributed by atoms with E-state index in [9.17, 15) is 9.59 Å². The molecule has 0 aliphatic rings. The maximum Gasteiger partial charge on any atom is 0.407 e. The van der Waals surface area contributed by atoms with Crippen LogP contribution in [-0.4, -0.2) is 105 Å². The van der Waals surface area contributed by atoms with Gasteiger partial charge in [-0.1, -0.05) is 0 Å². The van der Waals surface area contributed by atoms with E-state index in [0.717, 1.165) is 0 Å². The summed E-state index contributed by atoms with van der Waals surface area (Å²) in [6.45, 7) is 13.6. The van der Waals surface area contributed by atoms with Crippen LogP contribution in [-0.2, 0) is 23.9 Å². The van der Waals surface area contributed by atoms with Crippen molar-refractivity contribution in [2.45, 2.75) is 52.7 Å². The Morgan fingerprint density at radius 1 is 0.780 bits per heavy atom. The molecule has 19 heteroatoms. The summed E-state index contributed by atoms with van der Waals surface area (Å²) in [7, 11) is 1.42. The quantitative estimate of drug-likeness (QED) is 0.0594. The van der Waals surface area contributed by atoms with Crippen LogP contribution in [0.5, 0.6) is 11.5 Å². The number of carbonyl (C=O) groups excluding carboxylic acids is 2. The Morgan fingerprint density at radius 2 is 1.24 bits per heavy atom. The molecule has 0 atom stereocenters. The van der Waals surface area contributed by atoms with Crippen molar-refractivity contribution < 1.29 is 42.9 Å². The van der Waals surface area contributed by atoms with Crippen LogP contribution in [0.25, 0.3) is 0 Å². The van der Waals surface area contributed by atoms with Crippen molar-refractivity contribution in [3.63, 3.8) is 0 Å². The Balaban J connectivity index is 0.000000788. The zero-order chi connectivity index (χ0) is 38.0. The summed E-state index contributed by atoms with van der Waals surface area (Å²) in [5.41, 5.74) is 11.0. The lowest BCUT2D eigenvalue weighted by Crippen LogP contribution is -2.35. The molecule has 19 nitrogen and oxygen atoms in total. The van der Waals surface area contributed by atoms with Crippen LogP contribution in [0.15, 0.2) is 41.7 Å². The highest BCUT2D eigenvalue weighted by Crippen LogP contribution is 2.10. The van der Waals surface area contributed by atoms with Gasteiger partial charge in [-0.3, -0.25) is 10.4 Å². The number of alkyl carbamates (subject to hydrolysis) is 2. The molecule has 0 bridgehead atoms. The summed E-state index contributed by atoms with van der Waals surface area (Å²) in [5.74, 6) is 11.2. The smallest absolute Gasteiger partial charge is 0.407 e. The number of hydrogen-bond acceptors (Lipinski definition) is 16. The molecule has 0 saturated heterocycles. The maximum atomic E-state index is 11.5. The normalized spacial score (nSPS) is 11.0. The first kappa shape index (κ1) is 45.2. The molecule has 2 aromatic heterocycles.